The number of carbonyl (C=O) groups excluding carboxylic acids is 1. The highest BCUT2D eigenvalue weighted by molar-refractivity contribution is 5.95. The third-order valence-electron chi connectivity index (χ3n) is 3.81. The average molecular weight is 385 g/mol. The van der Waals surface area contributed by atoms with Crippen LogP contribution < -0.4 is 5.32 Å². The molecule has 0 saturated heterocycles. The Bertz CT molecular complexity index is 813. The number of hydrogen-bond acceptors (Lipinski definition) is 4. The minimum Gasteiger partial charge on any atom is -0.515 e. The number of carboxylic acids is 1. The third kappa shape index (κ3) is 7.11. The van der Waals surface area contributed by atoms with Crippen LogP contribution in [0.4, 0.5) is 0 Å². The number of imidazole rings is 1. The molecule has 0 bridgehead atoms. The maximum atomic E-state index is 12.1. The van der Waals surface area contributed by atoms with Crippen molar-refractivity contribution in [1.82, 2.24) is 15.3 Å². The van der Waals surface area contributed by atoms with E-state index in [-0.39, 0.29) is 12.1 Å². The van der Waals surface area contributed by atoms with E-state index in [0.717, 1.165) is 18.3 Å². The first-order valence-corrected chi connectivity index (χ1v) is 9.07. The summed E-state index contributed by atoms with van der Waals surface area (Å²) in [4.78, 5) is 30.1. The first-order chi connectivity index (χ1) is 13.5. The van der Waals surface area contributed by atoms with Gasteiger partial charge in [-0.25, -0.2) is 9.78 Å². The first kappa shape index (κ1) is 22.7. The fourth-order valence-electron chi connectivity index (χ4n) is 2.23. The van der Waals surface area contributed by atoms with Gasteiger partial charge in [0.2, 0.25) is 0 Å². The number of aromatic amines is 1. The highest BCUT2D eigenvalue weighted by Crippen LogP contribution is 2.14. The number of amides is 1. The normalized spacial score (nSPS) is 14.2. The molecule has 7 nitrogen and oxygen atoms in total. The van der Waals surface area contributed by atoms with Crippen molar-refractivity contribution in [3.8, 4) is 0 Å². The number of carbonyl (C=O) groups is 2. The van der Waals surface area contributed by atoms with E-state index in [1.807, 2.05) is 38.2 Å². The molecule has 4 N–H and O–H groups in total. The molecule has 0 aliphatic carbocycles. The van der Waals surface area contributed by atoms with Crippen molar-refractivity contribution in [3.05, 3.63) is 71.6 Å². The van der Waals surface area contributed by atoms with Crippen molar-refractivity contribution >= 4 is 18.0 Å². The monoisotopic (exact) mass is 385 g/mol. The van der Waals surface area contributed by atoms with E-state index in [1.165, 1.54) is 6.20 Å². The molecular weight excluding hydrogens is 358 g/mol. The summed E-state index contributed by atoms with van der Waals surface area (Å²) in [7, 11) is 0. The lowest BCUT2D eigenvalue weighted by Gasteiger charge is -2.10. The van der Waals surface area contributed by atoms with E-state index < -0.39 is 17.9 Å². The molecule has 1 rings (SSSR count). The largest absolute Gasteiger partial charge is 0.515 e. The van der Waals surface area contributed by atoms with Crippen molar-refractivity contribution in [2.75, 3.05) is 0 Å². The number of aromatic nitrogens is 2. The van der Waals surface area contributed by atoms with Gasteiger partial charge in [0.15, 0.2) is 0 Å². The fourth-order valence-corrected chi connectivity index (χ4v) is 2.23. The lowest BCUT2D eigenvalue weighted by atomic mass is 10.1. The molecule has 0 aromatic carbocycles. The van der Waals surface area contributed by atoms with Gasteiger partial charge in [-0.2, -0.15) is 0 Å². The van der Waals surface area contributed by atoms with Crippen molar-refractivity contribution in [1.29, 1.82) is 0 Å². The van der Waals surface area contributed by atoms with Gasteiger partial charge in [-0.3, -0.25) is 4.79 Å². The Morgan fingerprint density at radius 1 is 1.25 bits per heavy atom. The van der Waals surface area contributed by atoms with E-state index in [0.29, 0.717) is 11.4 Å². The van der Waals surface area contributed by atoms with Crippen LogP contribution in [0.5, 0.6) is 0 Å². The van der Waals surface area contributed by atoms with E-state index in [4.69, 9.17) is 5.11 Å². The number of hydrogen-bond donors (Lipinski definition) is 4. The molecule has 150 valence electrons. The van der Waals surface area contributed by atoms with Crippen LogP contribution in [-0.4, -0.2) is 38.1 Å². The molecule has 1 atom stereocenters. The summed E-state index contributed by atoms with van der Waals surface area (Å²) in [5, 5.41) is 20.9. The molecule has 1 aromatic heterocycles. The molecule has 0 saturated carbocycles. The standard InChI is InChI=1S/C21H27N3O4/c1-4-7-8-9-10-16(14-25)15(5-2)11-12-19-22-13-18(23-19)20(26)24-17(6-3)21(27)28/h5,7-14,17,25H,4,6H2,1-3H3,(H,22,23)(H,24,26)(H,27,28)/b8-7-,10-9-,12-11-,15-5+,16-14-. The van der Waals surface area contributed by atoms with Crippen LogP contribution in [0.2, 0.25) is 0 Å². The smallest absolute Gasteiger partial charge is 0.326 e. The second-order valence-corrected chi connectivity index (χ2v) is 5.81. The number of nitrogens with one attached hydrogen (secondary N) is 2. The quantitative estimate of drug-likeness (QED) is 0.360. The van der Waals surface area contributed by atoms with Gasteiger partial charge >= 0.3 is 5.97 Å². The number of nitrogens with zero attached hydrogens (tertiary/aromatic N) is 1. The maximum Gasteiger partial charge on any atom is 0.326 e. The molecule has 0 fully saturated rings. The Labute approximate surface area is 164 Å². The lowest BCUT2D eigenvalue weighted by molar-refractivity contribution is -0.139. The molecule has 0 aliphatic heterocycles. The second kappa shape index (κ2) is 12.1. The highest BCUT2D eigenvalue weighted by atomic mass is 16.4. The third-order valence-corrected chi connectivity index (χ3v) is 3.81. The summed E-state index contributed by atoms with van der Waals surface area (Å²) in [5.74, 6) is -1.19. The lowest BCUT2D eigenvalue weighted by Crippen LogP contribution is -2.40. The summed E-state index contributed by atoms with van der Waals surface area (Å²) in [6.07, 6.45) is 16.4. The van der Waals surface area contributed by atoms with Crippen LogP contribution in [0.3, 0.4) is 0 Å². The molecule has 1 aromatic rings. The van der Waals surface area contributed by atoms with Crippen molar-refractivity contribution in [3.63, 3.8) is 0 Å². The van der Waals surface area contributed by atoms with Crippen molar-refractivity contribution < 1.29 is 19.8 Å². The van der Waals surface area contributed by atoms with Gasteiger partial charge in [0.25, 0.3) is 5.91 Å². The van der Waals surface area contributed by atoms with Gasteiger partial charge in [0.05, 0.1) is 12.5 Å². The molecule has 0 aliphatic rings. The predicted octanol–water partition coefficient (Wildman–Crippen LogP) is 3.93. The number of allylic oxidation sites excluding steroid dienone is 8. The Hall–Kier alpha value is -3.35. The molecule has 0 spiro atoms. The molecular formula is C21H27N3O4. The summed E-state index contributed by atoms with van der Waals surface area (Å²) in [6.45, 7) is 5.56. The molecule has 7 heteroatoms. The highest BCUT2D eigenvalue weighted by Gasteiger charge is 2.19. The van der Waals surface area contributed by atoms with Crippen LogP contribution in [0, 0.1) is 0 Å². The van der Waals surface area contributed by atoms with Crippen LogP contribution >= 0.6 is 0 Å². The van der Waals surface area contributed by atoms with E-state index in [1.54, 1.807) is 25.2 Å². The van der Waals surface area contributed by atoms with Crippen LogP contribution in [0.25, 0.3) is 6.08 Å². The molecule has 1 amide bonds. The van der Waals surface area contributed by atoms with Gasteiger partial charge in [-0.1, -0.05) is 50.3 Å². The van der Waals surface area contributed by atoms with Crippen LogP contribution in [-0.2, 0) is 4.79 Å². The topological polar surface area (TPSA) is 115 Å². The zero-order valence-electron chi connectivity index (χ0n) is 16.3. The molecule has 1 heterocycles. The molecule has 28 heavy (non-hydrogen) atoms. The van der Waals surface area contributed by atoms with E-state index >= 15 is 0 Å². The maximum absolute atomic E-state index is 12.1. The number of aliphatic carboxylic acids is 1. The van der Waals surface area contributed by atoms with Crippen molar-refractivity contribution in [2.24, 2.45) is 0 Å². The second-order valence-electron chi connectivity index (χ2n) is 5.81. The number of aliphatic hydroxyl groups is 1. The summed E-state index contributed by atoms with van der Waals surface area (Å²) in [6, 6.07) is -0.949. The first-order valence-electron chi connectivity index (χ1n) is 9.07. The van der Waals surface area contributed by atoms with Gasteiger partial charge in [-0.05, 0) is 31.4 Å². The summed E-state index contributed by atoms with van der Waals surface area (Å²) >= 11 is 0. The minimum absolute atomic E-state index is 0.170. The summed E-state index contributed by atoms with van der Waals surface area (Å²) in [5.41, 5.74) is 1.56. The Morgan fingerprint density at radius 3 is 2.57 bits per heavy atom. The number of rotatable bonds is 10. The number of aliphatic hydroxyl groups excluding tert-OH is 1. The summed E-state index contributed by atoms with van der Waals surface area (Å²) < 4.78 is 0. The van der Waals surface area contributed by atoms with Gasteiger partial charge in [-0.15, -0.1) is 0 Å². The Morgan fingerprint density at radius 2 is 2.00 bits per heavy atom. The number of carboxylic acid groups (broad SMARTS) is 1. The Kier molecular flexibility index (Phi) is 9.82. The molecule has 1 unspecified atom stereocenters. The minimum atomic E-state index is -1.08. The zero-order valence-corrected chi connectivity index (χ0v) is 16.3. The average Bonchev–Trinajstić information content (AvgIpc) is 3.16. The van der Waals surface area contributed by atoms with Crippen LogP contribution in [0.15, 0.2) is 60.1 Å². The molecule has 0 radical (unpaired) electrons. The van der Waals surface area contributed by atoms with Gasteiger partial charge in [0, 0.05) is 5.57 Å². The predicted molar refractivity (Wildman–Crippen MR) is 110 cm³/mol. The van der Waals surface area contributed by atoms with Crippen molar-refractivity contribution in [2.45, 2.75) is 39.7 Å². The number of H-pyrrole nitrogens is 1. The van der Waals surface area contributed by atoms with E-state index in [2.05, 4.69) is 15.3 Å². The van der Waals surface area contributed by atoms with Crippen LogP contribution in [0.1, 0.15) is 49.9 Å². The Balaban J connectivity index is 2.86. The zero-order chi connectivity index (χ0) is 20.9. The SMILES string of the molecule is C/C=C(\C=C/c1ncc(C(=O)NC(CC)C(=O)O)[nH]1)C(/C=C\C=C/CC)=C\O. The van der Waals surface area contributed by atoms with E-state index in [9.17, 15) is 14.7 Å². The van der Waals surface area contributed by atoms with Gasteiger partial charge in [0.1, 0.15) is 17.6 Å². The fraction of sp³-hybridized carbons (Fsp3) is 0.286. The van der Waals surface area contributed by atoms with Gasteiger partial charge < -0.3 is 20.5 Å².